The maximum Gasteiger partial charge on any atom is 0.173 e. The molecule has 3 N–H and O–H groups in total. The van der Waals surface area contributed by atoms with Crippen LogP contribution in [0.25, 0.3) is 0 Å². The van der Waals surface area contributed by atoms with Crippen molar-refractivity contribution in [2.45, 2.75) is 13.5 Å². The predicted octanol–water partition coefficient (Wildman–Crippen LogP) is 3.46. The average Bonchev–Trinajstić information content (AvgIpc) is 2.47. The van der Waals surface area contributed by atoms with Crippen LogP contribution in [-0.4, -0.2) is 11.0 Å². The predicted molar refractivity (Wildman–Crippen MR) is 79.4 cm³/mol. The van der Waals surface area contributed by atoms with Crippen molar-refractivity contribution in [3.8, 4) is 5.75 Å². The Morgan fingerprint density at radius 1 is 1.38 bits per heavy atom. The topological polar surface area (TPSA) is 67.8 Å². The van der Waals surface area contributed by atoms with E-state index in [9.17, 15) is 4.39 Å². The van der Waals surface area contributed by atoms with Gasteiger partial charge in [-0.25, -0.2) is 4.39 Å². The Morgan fingerprint density at radius 2 is 2.14 bits per heavy atom. The Morgan fingerprint density at radius 3 is 2.81 bits per heavy atom. The molecule has 0 saturated heterocycles. The molecular weight excluding hydrogens is 295 g/mol. The van der Waals surface area contributed by atoms with Gasteiger partial charge < -0.3 is 15.7 Å². The van der Waals surface area contributed by atoms with E-state index in [1.54, 1.807) is 30.3 Å². The van der Waals surface area contributed by atoms with E-state index in [2.05, 4.69) is 5.16 Å². The Bertz CT molecular complexity index is 689. The molecule has 0 aliphatic heterocycles. The average molecular weight is 309 g/mol. The largest absolute Gasteiger partial charge is 0.489 e. The highest BCUT2D eigenvalue weighted by Crippen LogP contribution is 2.23. The van der Waals surface area contributed by atoms with E-state index < -0.39 is 5.82 Å². The zero-order valence-corrected chi connectivity index (χ0v) is 12.1. The second-order valence-electron chi connectivity index (χ2n) is 4.46. The molecule has 6 heteroatoms. The molecule has 4 nitrogen and oxygen atoms in total. The number of hydrogen-bond acceptors (Lipinski definition) is 3. The summed E-state index contributed by atoms with van der Waals surface area (Å²) in [6.45, 7) is 1.88. The first-order valence-corrected chi connectivity index (χ1v) is 6.55. The highest BCUT2D eigenvalue weighted by atomic mass is 35.5. The molecule has 2 aromatic carbocycles. The second kappa shape index (κ2) is 6.45. The summed E-state index contributed by atoms with van der Waals surface area (Å²) in [6.07, 6.45) is 0. The molecule has 0 aromatic heterocycles. The number of hydrogen-bond donors (Lipinski definition) is 2. The Labute approximate surface area is 126 Å². The molecule has 0 bridgehead atoms. The lowest BCUT2D eigenvalue weighted by molar-refractivity contribution is 0.297. The zero-order chi connectivity index (χ0) is 15.4. The van der Waals surface area contributed by atoms with E-state index in [-0.39, 0.29) is 18.0 Å². The van der Waals surface area contributed by atoms with Crippen molar-refractivity contribution < 1.29 is 14.3 Å². The molecule has 0 aliphatic carbocycles. The second-order valence-corrected chi connectivity index (χ2v) is 4.90. The van der Waals surface area contributed by atoms with Gasteiger partial charge in [0.1, 0.15) is 18.2 Å². The number of oxime groups is 1. The number of aryl methyl sites for hydroxylation is 1. The lowest BCUT2D eigenvalue weighted by Gasteiger charge is -2.11. The number of rotatable bonds is 4. The van der Waals surface area contributed by atoms with Crippen LogP contribution in [0.4, 0.5) is 4.39 Å². The fourth-order valence-electron chi connectivity index (χ4n) is 1.87. The van der Waals surface area contributed by atoms with Crippen molar-refractivity contribution in [2.24, 2.45) is 10.9 Å². The third-order valence-corrected chi connectivity index (χ3v) is 3.22. The van der Waals surface area contributed by atoms with Gasteiger partial charge in [0.2, 0.25) is 0 Å². The van der Waals surface area contributed by atoms with E-state index in [0.29, 0.717) is 16.3 Å². The van der Waals surface area contributed by atoms with Gasteiger partial charge in [0.25, 0.3) is 0 Å². The van der Waals surface area contributed by atoms with Gasteiger partial charge in [0.15, 0.2) is 5.84 Å². The molecule has 110 valence electrons. The maximum atomic E-state index is 14.2. The first-order valence-electron chi connectivity index (χ1n) is 6.17. The Balaban J connectivity index is 2.21. The lowest BCUT2D eigenvalue weighted by atomic mass is 10.1. The minimum Gasteiger partial charge on any atom is -0.489 e. The number of ether oxygens (including phenoxy) is 1. The lowest BCUT2D eigenvalue weighted by Crippen LogP contribution is -2.16. The normalized spacial score (nSPS) is 11.5. The van der Waals surface area contributed by atoms with Crippen molar-refractivity contribution in [3.63, 3.8) is 0 Å². The summed E-state index contributed by atoms with van der Waals surface area (Å²) in [5.74, 6) is -0.232. The van der Waals surface area contributed by atoms with E-state index >= 15 is 0 Å². The summed E-state index contributed by atoms with van der Waals surface area (Å²) in [4.78, 5) is 0. The van der Waals surface area contributed by atoms with E-state index in [0.717, 1.165) is 5.56 Å². The smallest absolute Gasteiger partial charge is 0.173 e. The van der Waals surface area contributed by atoms with Crippen molar-refractivity contribution in [2.75, 3.05) is 0 Å². The molecular formula is C15H14ClFN2O2. The van der Waals surface area contributed by atoms with Gasteiger partial charge in [-0.1, -0.05) is 28.9 Å². The third-order valence-electron chi connectivity index (χ3n) is 2.98. The fourth-order valence-corrected chi connectivity index (χ4v) is 2.10. The van der Waals surface area contributed by atoms with Crippen LogP contribution >= 0.6 is 11.6 Å². The van der Waals surface area contributed by atoms with Crippen LogP contribution in [0.5, 0.6) is 5.75 Å². The number of benzene rings is 2. The molecule has 0 unspecified atom stereocenters. The molecule has 0 fully saturated rings. The van der Waals surface area contributed by atoms with Gasteiger partial charge in [0.05, 0.1) is 5.56 Å². The summed E-state index contributed by atoms with van der Waals surface area (Å²) in [6, 6.07) is 9.82. The van der Waals surface area contributed by atoms with Gasteiger partial charge in [-0.2, -0.15) is 0 Å². The molecule has 0 aliphatic rings. The molecule has 0 amide bonds. The monoisotopic (exact) mass is 308 g/mol. The standard InChI is InChI=1S/C15H14ClFN2O2/c1-9-7-11(16)5-6-13(9)21-8-10-3-2-4-12(14(10)17)15(18)19-20/h2-7,20H,8H2,1H3,(H2,18,19). The molecule has 2 rings (SSSR count). The number of nitrogens with zero attached hydrogens (tertiary/aromatic N) is 1. The Hall–Kier alpha value is -2.27. The third kappa shape index (κ3) is 3.44. The van der Waals surface area contributed by atoms with E-state index in [4.69, 9.17) is 27.3 Å². The van der Waals surface area contributed by atoms with Crippen LogP contribution in [0.1, 0.15) is 16.7 Å². The van der Waals surface area contributed by atoms with Crippen LogP contribution in [0.3, 0.4) is 0 Å². The minimum absolute atomic E-state index is 0.0286. The van der Waals surface area contributed by atoms with Gasteiger partial charge in [-0.05, 0) is 36.8 Å². The van der Waals surface area contributed by atoms with E-state index in [1.807, 2.05) is 6.92 Å². The fraction of sp³-hybridized carbons (Fsp3) is 0.133. The number of amidine groups is 1. The van der Waals surface area contributed by atoms with Gasteiger partial charge >= 0.3 is 0 Å². The highest BCUT2D eigenvalue weighted by molar-refractivity contribution is 6.30. The van der Waals surface area contributed by atoms with Crippen molar-refractivity contribution >= 4 is 17.4 Å². The first-order chi connectivity index (χ1) is 10.0. The molecule has 2 aromatic rings. The molecule has 21 heavy (non-hydrogen) atoms. The van der Waals surface area contributed by atoms with E-state index in [1.165, 1.54) is 6.07 Å². The molecule has 0 radical (unpaired) electrons. The summed E-state index contributed by atoms with van der Waals surface area (Å²) < 4.78 is 19.8. The minimum atomic E-state index is -0.570. The van der Waals surface area contributed by atoms with Crippen LogP contribution in [0.2, 0.25) is 5.02 Å². The zero-order valence-electron chi connectivity index (χ0n) is 11.3. The Kier molecular flexibility index (Phi) is 4.65. The van der Waals surface area contributed by atoms with Crippen molar-refractivity contribution in [1.29, 1.82) is 0 Å². The highest BCUT2D eigenvalue weighted by Gasteiger charge is 2.12. The summed E-state index contributed by atoms with van der Waals surface area (Å²) in [5.41, 5.74) is 6.62. The molecule has 0 saturated carbocycles. The van der Waals surface area contributed by atoms with Gasteiger partial charge in [-0.3, -0.25) is 0 Å². The van der Waals surface area contributed by atoms with Gasteiger partial charge in [0, 0.05) is 10.6 Å². The maximum absolute atomic E-state index is 14.2. The van der Waals surface area contributed by atoms with Crippen LogP contribution < -0.4 is 10.5 Å². The van der Waals surface area contributed by atoms with Crippen LogP contribution in [-0.2, 0) is 6.61 Å². The van der Waals surface area contributed by atoms with Gasteiger partial charge in [-0.15, -0.1) is 0 Å². The summed E-state index contributed by atoms with van der Waals surface area (Å²) in [7, 11) is 0. The molecule has 0 heterocycles. The number of halogens is 2. The SMILES string of the molecule is Cc1cc(Cl)ccc1OCc1cccc(/C(N)=N/O)c1F. The summed E-state index contributed by atoms with van der Waals surface area (Å²) >= 11 is 5.86. The van der Waals surface area contributed by atoms with Crippen LogP contribution in [0.15, 0.2) is 41.6 Å². The van der Waals surface area contributed by atoms with Crippen LogP contribution in [0, 0.1) is 12.7 Å². The quantitative estimate of drug-likeness (QED) is 0.393. The number of nitrogens with two attached hydrogens (primary N) is 1. The summed E-state index contributed by atoms with van der Waals surface area (Å²) in [5, 5.41) is 12.0. The first kappa shape index (κ1) is 15.1. The molecule has 0 atom stereocenters. The van der Waals surface area contributed by atoms with Crippen molar-refractivity contribution in [3.05, 3.63) is 63.9 Å². The van der Waals surface area contributed by atoms with Crippen molar-refractivity contribution in [1.82, 2.24) is 0 Å². The molecule has 0 spiro atoms.